The highest BCUT2D eigenvalue weighted by molar-refractivity contribution is 5.91. The maximum Gasteiger partial charge on any atom is 0.241 e. The maximum absolute atomic E-state index is 10.6. The lowest BCUT2D eigenvalue weighted by molar-refractivity contribution is -0.113. The summed E-state index contributed by atoms with van der Waals surface area (Å²) in [4.78, 5) is 10.6. The molecule has 0 fully saturated rings. The van der Waals surface area contributed by atoms with Gasteiger partial charge in [0.25, 0.3) is 0 Å². The van der Waals surface area contributed by atoms with Crippen LogP contribution >= 0.6 is 0 Å². The van der Waals surface area contributed by atoms with Gasteiger partial charge in [0.15, 0.2) is 0 Å². The fourth-order valence-electron chi connectivity index (χ4n) is 1.44. The van der Waals surface area contributed by atoms with Crippen LogP contribution < -0.4 is 5.73 Å². The number of hydrogen-bond acceptors (Lipinski definition) is 2. The van der Waals surface area contributed by atoms with Gasteiger partial charge in [-0.1, -0.05) is 12.1 Å². The van der Waals surface area contributed by atoms with Crippen molar-refractivity contribution in [1.82, 2.24) is 10.2 Å². The second kappa shape index (κ2) is 3.57. The molecular weight excluding hydrogens is 190 g/mol. The number of aryl methyl sites for hydroxylation is 1. The minimum atomic E-state index is -0.451. The van der Waals surface area contributed by atoms with Crippen LogP contribution in [0, 0.1) is 6.92 Å². The van der Waals surface area contributed by atoms with E-state index in [1.165, 1.54) is 6.08 Å². The predicted octanol–water partition coefficient (Wildman–Crippen LogP) is 1.37. The SMILES string of the molecule is Cc1[nH]nc2cc(C=CC(N)=O)ccc12. The van der Waals surface area contributed by atoms with Gasteiger partial charge in [-0.15, -0.1) is 0 Å². The molecule has 1 heterocycles. The molecule has 1 amide bonds. The minimum absolute atomic E-state index is 0.451. The first-order valence-electron chi connectivity index (χ1n) is 4.59. The lowest BCUT2D eigenvalue weighted by Crippen LogP contribution is -2.04. The highest BCUT2D eigenvalue weighted by Crippen LogP contribution is 2.17. The van der Waals surface area contributed by atoms with E-state index >= 15 is 0 Å². The highest BCUT2D eigenvalue weighted by Gasteiger charge is 2.00. The Balaban J connectivity index is 2.43. The number of amides is 1. The Labute approximate surface area is 86.8 Å². The topological polar surface area (TPSA) is 71.8 Å². The molecular formula is C11H11N3O. The van der Waals surface area contributed by atoms with Crippen molar-refractivity contribution in [1.29, 1.82) is 0 Å². The Hall–Kier alpha value is -2.10. The van der Waals surface area contributed by atoms with E-state index in [9.17, 15) is 4.79 Å². The third-order valence-corrected chi connectivity index (χ3v) is 2.21. The van der Waals surface area contributed by atoms with Gasteiger partial charge in [-0.3, -0.25) is 9.89 Å². The fourth-order valence-corrected chi connectivity index (χ4v) is 1.44. The molecule has 4 heteroatoms. The van der Waals surface area contributed by atoms with Gasteiger partial charge in [0, 0.05) is 17.2 Å². The third-order valence-electron chi connectivity index (χ3n) is 2.21. The van der Waals surface area contributed by atoms with Gasteiger partial charge < -0.3 is 5.73 Å². The summed E-state index contributed by atoms with van der Waals surface area (Å²) in [6.45, 7) is 1.97. The van der Waals surface area contributed by atoms with Crippen LogP contribution in [0.1, 0.15) is 11.3 Å². The number of fused-ring (bicyclic) bond motifs is 1. The number of aromatic nitrogens is 2. The number of nitrogens with zero attached hydrogens (tertiary/aromatic N) is 1. The molecule has 0 saturated carbocycles. The van der Waals surface area contributed by atoms with E-state index in [-0.39, 0.29) is 0 Å². The number of carbonyl (C=O) groups excluding carboxylic acids is 1. The summed E-state index contributed by atoms with van der Waals surface area (Å²) in [6.07, 6.45) is 3.01. The number of carbonyl (C=O) groups is 1. The standard InChI is InChI=1S/C11H11N3O/c1-7-9-4-2-8(3-5-11(12)15)6-10(9)14-13-7/h2-6H,1H3,(H2,12,15)(H,13,14). The van der Waals surface area contributed by atoms with E-state index in [4.69, 9.17) is 5.73 Å². The number of rotatable bonds is 2. The number of hydrogen-bond donors (Lipinski definition) is 2. The smallest absolute Gasteiger partial charge is 0.241 e. The molecule has 0 unspecified atom stereocenters. The molecule has 76 valence electrons. The summed E-state index contributed by atoms with van der Waals surface area (Å²) >= 11 is 0. The van der Waals surface area contributed by atoms with Crippen molar-refractivity contribution < 1.29 is 4.79 Å². The molecule has 1 aromatic heterocycles. The van der Waals surface area contributed by atoms with Gasteiger partial charge in [0.1, 0.15) is 0 Å². The van der Waals surface area contributed by atoms with Crippen LogP contribution in [0.5, 0.6) is 0 Å². The second-order valence-corrected chi connectivity index (χ2v) is 3.36. The lowest BCUT2D eigenvalue weighted by atomic mass is 10.1. The quantitative estimate of drug-likeness (QED) is 0.720. The summed E-state index contributed by atoms with van der Waals surface area (Å²) in [6, 6.07) is 5.79. The zero-order chi connectivity index (χ0) is 10.8. The molecule has 0 aliphatic heterocycles. The molecule has 2 aromatic rings. The normalized spacial score (nSPS) is 11.3. The van der Waals surface area contributed by atoms with Crippen LogP contribution in [0.15, 0.2) is 24.3 Å². The molecule has 15 heavy (non-hydrogen) atoms. The van der Waals surface area contributed by atoms with E-state index in [1.807, 2.05) is 25.1 Å². The van der Waals surface area contributed by atoms with Crippen molar-refractivity contribution in [2.75, 3.05) is 0 Å². The van der Waals surface area contributed by atoms with Gasteiger partial charge in [-0.05, 0) is 24.6 Å². The summed E-state index contributed by atoms with van der Waals surface area (Å²) < 4.78 is 0. The van der Waals surface area contributed by atoms with Gasteiger partial charge >= 0.3 is 0 Å². The third kappa shape index (κ3) is 1.88. The Morgan fingerprint density at radius 1 is 1.53 bits per heavy atom. The number of aromatic amines is 1. The summed E-state index contributed by atoms with van der Waals surface area (Å²) in [7, 11) is 0. The average molecular weight is 201 g/mol. The Morgan fingerprint density at radius 2 is 2.33 bits per heavy atom. The van der Waals surface area contributed by atoms with Crippen LogP contribution in [0.2, 0.25) is 0 Å². The van der Waals surface area contributed by atoms with Gasteiger partial charge in [0.2, 0.25) is 5.91 Å². The maximum atomic E-state index is 10.6. The monoisotopic (exact) mass is 201 g/mol. The number of H-pyrrole nitrogens is 1. The Kier molecular flexibility index (Phi) is 2.25. The molecule has 0 radical (unpaired) electrons. The van der Waals surface area contributed by atoms with Crippen LogP contribution in [0.3, 0.4) is 0 Å². The molecule has 0 aliphatic rings. The van der Waals surface area contributed by atoms with Crippen LogP contribution in [-0.2, 0) is 4.79 Å². The van der Waals surface area contributed by atoms with Crippen LogP contribution in [0.25, 0.3) is 17.0 Å². The molecule has 0 saturated heterocycles. The van der Waals surface area contributed by atoms with Gasteiger partial charge in [-0.25, -0.2) is 0 Å². The summed E-state index contributed by atoms with van der Waals surface area (Å²) in [5.74, 6) is -0.451. The van der Waals surface area contributed by atoms with Crippen molar-refractivity contribution in [3.05, 3.63) is 35.5 Å². The number of nitrogens with two attached hydrogens (primary N) is 1. The van der Waals surface area contributed by atoms with Crippen molar-refractivity contribution >= 4 is 22.9 Å². The molecule has 0 spiro atoms. The van der Waals surface area contributed by atoms with E-state index in [0.717, 1.165) is 22.2 Å². The van der Waals surface area contributed by atoms with E-state index in [1.54, 1.807) is 6.08 Å². The first-order chi connectivity index (χ1) is 7.16. The van der Waals surface area contributed by atoms with Crippen molar-refractivity contribution in [2.45, 2.75) is 6.92 Å². The molecule has 0 bridgehead atoms. The molecule has 3 N–H and O–H groups in total. The first-order valence-corrected chi connectivity index (χ1v) is 4.59. The molecule has 1 aromatic carbocycles. The van der Waals surface area contributed by atoms with Crippen LogP contribution in [-0.4, -0.2) is 16.1 Å². The van der Waals surface area contributed by atoms with Gasteiger partial charge in [-0.2, -0.15) is 5.10 Å². The van der Waals surface area contributed by atoms with Crippen molar-refractivity contribution in [3.63, 3.8) is 0 Å². The Bertz CT molecular complexity index is 540. The first kappa shape index (κ1) is 9.45. The lowest BCUT2D eigenvalue weighted by Gasteiger charge is -1.93. The molecule has 4 nitrogen and oxygen atoms in total. The van der Waals surface area contributed by atoms with E-state index in [2.05, 4.69) is 10.2 Å². The average Bonchev–Trinajstić information content (AvgIpc) is 2.57. The zero-order valence-corrected chi connectivity index (χ0v) is 8.32. The summed E-state index contributed by atoms with van der Waals surface area (Å²) in [5.41, 5.74) is 7.85. The molecule has 2 rings (SSSR count). The van der Waals surface area contributed by atoms with Crippen LogP contribution in [0.4, 0.5) is 0 Å². The predicted molar refractivity (Wildman–Crippen MR) is 59.1 cm³/mol. The van der Waals surface area contributed by atoms with Crippen molar-refractivity contribution in [2.24, 2.45) is 5.73 Å². The van der Waals surface area contributed by atoms with E-state index < -0.39 is 5.91 Å². The molecule has 0 aliphatic carbocycles. The molecule has 0 atom stereocenters. The highest BCUT2D eigenvalue weighted by atomic mass is 16.1. The largest absolute Gasteiger partial charge is 0.366 e. The van der Waals surface area contributed by atoms with Crippen molar-refractivity contribution in [3.8, 4) is 0 Å². The zero-order valence-electron chi connectivity index (χ0n) is 8.32. The number of nitrogens with one attached hydrogen (secondary N) is 1. The minimum Gasteiger partial charge on any atom is -0.366 e. The van der Waals surface area contributed by atoms with E-state index in [0.29, 0.717) is 0 Å². The summed E-state index contributed by atoms with van der Waals surface area (Å²) in [5, 5.41) is 8.12. The number of benzene rings is 1. The van der Waals surface area contributed by atoms with Gasteiger partial charge in [0.05, 0.1) is 5.52 Å². The fraction of sp³-hybridized carbons (Fsp3) is 0.0909. The Morgan fingerprint density at radius 3 is 3.07 bits per heavy atom. The second-order valence-electron chi connectivity index (χ2n) is 3.36. The number of primary amides is 1.